The fourth-order valence-electron chi connectivity index (χ4n) is 3.65. The number of urea groups is 1. The van der Waals surface area contributed by atoms with Crippen LogP contribution in [0, 0.1) is 6.92 Å². The SMILES string of the molecule is CNC(=O)Nc1cc(-c2cccc(NC(=O)c3ccc(N(C)C)cc3)c2C)cn2ccnc12. The number of benzene rings is 2. The second-order valence-electron chi connectivity index (χ2n) is 7.88. The van der Waals surface area contributed by atoms with Gasteiger partial charge in [-0.25, -0.2) is 9.78 Å². The summed E-state index contributed by atoms with van der Waals surface area (Å²) in [5.74, 6) is -0.174. The van der Waals surface area contributed by atoms with Crippen LogP contribution in [0.15, 0.2) is 67.1 Å². The Morgan fingerprint density at radius 1 is 1.00 bits per heavy atom. The van der Waals surface area contributed by atoms with E-state index < -0.39 is 0 Å². The summed E-state index contributed by atoms with van der Waals surface area (Å²) in [6, 6.07) is 14.8. The van der Waals surface area contributed by atoms with Crippen LogP contribution in [0.4, 0.5) is 21.9 Å². The van der Waals surface area contributed by atoms with Gasteiger partial charge in [-0.05, 0) is 54.4 Å². The largest absolute Gasteiger partial charge is 0.378 e. The molecule has 0 saturated heterocycles. The Morgan fingerprint density at radius 3 is 2.45 bits per heavy atom. The summed E-state index contributed by atoms with van der Waals surface area (Å²) in [4.78, 5) is 31.1. The molecule has 33 heavy (non-hydrogen) atoms. The Morgan fingerprint density at radius 2 is 1.76 bits per heavy atom. The van der Waals surface area contributed by atoms with Crippen molar-refractivity contribution in [1.29, 1.82) is 0 Å². The number of hydrogen-bond donors (Lipinski definition) is 3. The minimum atomic E-state index is -0.324. The second-order valence-corrected chi connectivity index (χ2v) is 7.88. The molecule has 2 aromatic carbocycles. The zero-order valence-corrected chi connectivity index (χ0v) is 19.0. The van der Waals surface area contributed by atoms with E-state index in [-0.39, 0.29) is 11.9 Å². The molecule has 3 N–H and O–H groups in total. The van der Waals surface area contributed by atoms with Crippen molar-refractivity contribution in [3.8, 4) is 11.1 Å². The third-order valence-electron chi connectivity index (χ3n) is 5.50. The van der Waals surface area contributed by atoms with Gasteiger partial charge in [-0.3, -0.25) is 4.79 Å². The summed E-state index contributed by atoms with van der Waals surface area (Å²) in [6.45, 7) is 1.96. The maximum atomic E-state index is 12.9. The third-order valence-corrected chi connectivity index (χ3v) is 5.50. The molecule has 8 nitrogen and oxygen atoms in total. The van der Waals surface area contributed by atoms with E-state index >= 15 is 0 Å². The summed E-state index contributed by atoms with van der Waals surface area (Å²) < 4.78 is 1.86. The number of fused-ring (bicyclic) bond motifs is 1. The molecular formula is C25H26N6O2. The summed E-state index contributed by atoms with van der Waals surface area (Å²) in [7, 11) is 5.48. The van der Waals surface area contributed by atoms with Crippen molar-refractivity contribution < 1.29 is 9.59 Å². The Kier molecular flexibility index (Phi) is 5.99. The highest BCUT2D eigenvalue weighted by Gasteiger charge is 2.14. The number of amides is 3. The van der Waals surface area contributed by atoms with Crippen LogP contribution in [0.5, 0.6) is 0 Å². The van der Waals surface area contributed by atoms with Crippen LogP contribution in [-0.2, 0) is 0 Å². The number of anilines is 3. The predicted octanol–water partition coefficient (Wildman–Crippen LogP) is 4.38. The van der Waals surface area contributed by atoms with Crippen LogP contribution < -0.4 is 20.9 Å². The molecule has 0 atom stereocenters. The van der Waals surface area contributed by atoms with Gasteiger partial charge in [-0.15, -0.1) is 0 Å². The highest BCUT2D eigenvalue weighted by atomic mass is 16.2. The molecule has 0 radical (unpaired) electrons. The summed E-state index contributed by atoms with van der Waals surface area (Å²) in [5, 5.41) is 8.41. The monoisotopic (exact) mass is 442 g/mol. The first kappa shape index (κ1) is 21.9. The molecule has 0 aliphatic heterocycles. The average molecular weight is 443 g/mol. The highest BCUT2D eigenvalue weighted by Crippen LogP contribution is 2.32. The van der Waals surface area contributed by atoms with E-state index in [9.17, 15) is 9.59 Å². The molecule has 0 aliphatic rings. The maximum absolute atomic E-state index is 12.9. The van der Waals surface area contributed by atoms with E-state index in [0.717, 1.165) is 28.1 Å². The highest BCUT2D eigenvalue weighted by molar-refractivity contribution is 6.05. The van der Waals surface area contributed by atoms with Gasteiger partial charge in [-0.1, -0.05) is 12.1 Å². The number of imidazole rings is 1. The zero-order valence-electron chi connectivity index (χ0n) is 19.0. The Hall–Kier alpha value is -4.33. The molecule has 4 aromatic rings. The Balaban J connectivity index is 1.66. The first-order valence-corrected chi connectivity index (χ1v) is 10.5. The number of carbonyl (C=O) groups excluding carboxylic acids is 2. The maximum Gasteiger partial charge on any atom is 0.319 e. The molecule has 2 aromatic heterocycles. The van der Waals surface area contributed by atoms with Gasteiger partial charge >= 0.3 is 6.03 Å². The number of hydrogen-bond acceptors (Lipinski definition) is 4. The smallest absolute Gasteiger partial charge is 0.319 e. The normalized spacial score (nSPS) is 10.7. The quantitative estimate of drug-likeness (QED) is 0.428. The van der Waals surface area contributed by atoms with Crippen molar-refractivity contribution >= 4 is 34.6 Å². The van der Waals surface area contributed by atoms with Crippen molar-refractivity contribution in [2.24, 2.45) is 0 Å². The fraction of sp³-hybridized carbons (Fsp3) is 0.160. The lowest BCUT2D eigenvalue weighted by Gasteiger charge is -2.15. The summed E-state index contributed by atoms with van der Waals surface area (Å²) in [5.41, 5.74) is 6.31. The minimum Gasteiger partial charge on any atom is -0.378 e. The molecule has 0 aliphatic carbocycles. The van der Waals surface area contributed by atoms with E-state index in [4.69, 9.17) is 0 Å². The first-order valence-electron chi connectivity index (χ1n) is 10.5. The lowest BCUT2D eigenvalue weighted by molar-refractivity contribution is 0.102. The van der Waals surface area contributed by atoms with Crippen LogP contribution in [-0.4, -0.2) is 42.5 Å². The van der Waals surface area contributed by atoms with E-state index in [2.05, 4.69) is 20.9 Å². The second kappa shape index (κ2) is 9.04. The van der Waals surface area contributed by atoms with Crippen LogP contribution in [0.1, 0.15) is 15.9 Å². The lowest BCUT2D eigenvalue weighted by Crippen LogP contribution is -2.24. The molecule has 2 heterocycles. The number of nitrogens with zero attached hydrogens (tertiary/aromatic N) is 3. The van der Waals surface area contributed by atoms with Gasteiger partial charge in [-0.2, -0.15) is 0 Å². The van der Waals surface area contributed by atoms with Crippen molar-refractivity contribution in [3.63, 3.8) is 0 Å². The minimum absolute atomic E-state index is 0.174. The summed E-state index contributed by atoms with van der Waals surface area (Å²) >= 11 is 0. The lowest BCUT2D eigenvalue weighted by atomic mass is 10.00. The molecule has 3 amide bonds. The molecule has 4 rings (SSSR count). The number of nitrogens with one attached hydrogen (secondary N) is 3. The number of pyridine rings is 1. The van der Waals surface area contributed by atoms with Gasteiger partial charge in [0.1, 0.15) is 0 Å². The van der Waals surface area contributed by atoms with Crippen LogP contribution in [0.25, 0.3) is 16.8 Å². The Bertz CT molecular complexity index is 1320. The topological polar surface area (TPSA) is 90.8 Å². The number of rotatable bonds is 5. The fourth-order valence-corrected chi connectivity index (χ4v) is 3.65. The van der Waals surface area contributed by atoms with Gasteiger partial charge < -0.3 is 25.3 Å². The van der Waals surface area contributed by atoms with E-state index in [1.165, 1.54) is 0 Å². The van der Waals surface area contributed by atoms with E-state index in [1.807, 2.05) is 91.2 Å². The van der Waals surface area contributed by atoms with Crippen molar-refractivity contribution in [3.05, 3.63) is 78.2 Å². The standard InChI is InChI=1S/C25H26N6O2/c1-16-20(18-14-22(29-25(33)26-2)23-27-12-13-31(23)15-18)6-5-7-21(16)28-24(32)17-8-10-19(11-9-17)30(3)4/h5-15H,1-4H3,(H,28,32)(H2,26,29,33). The van der Waals surface area contributed by atoms with Crippen LogP contribution in [0.3, 0.4) is 0 Å². The van der Waals surface area contributed by atoms with E-state index in [1.54, 1.807) is 13.2 Å². The van der Waals surface area contributed by atoms with Gasteiger partial charge in [0.05, 0.1) is 5.69 Å². The van der Waals surface area contributed by atoms with Crippen molar-refractivity contribution in [2.75, 3.05) is 36.7 Å². The predicted molar refractivity (Wildman–Crippen MR) is 132 cm³/mol. The van der Waals surface area contributed by atoms with Crippen LogP contribution in [0.2, 0.25) is 0 Å². The van der Waals surface area contributed by atoms with Gasteiger partial charge in [0.15, 0.2) is 5.65 Å². The van der Waals surface area contributed by atoms with Gasteiger partial charge in [0, 0.05) is 62.2 Å². The van der Waals surface area contributed by atoms with Crippen molar-refractivity contribution in [2.45, 2.75) is 6.92 Å². The first-order chi connectivity index (χ1) is 15.9. The molecule has 0 spiro atoms. The van der Waals surface area contributed by atoms with Crippen molar-refractivity contribution in [1.82, 2.24) is 14.7 Å². The number of aromatic nitrogens is 2. The number of carbonyl (C=O) groups is 2. The van der Waals surface area contributed by atoms with E-state index in [0.29, 0.717) is 16.9 Å². The molecule has 0 unspecified atom stereocenters. The van der Waals surface area contributed by atoms with Gasteiger partial charge in [0.25, 0.3) is 5.91 Å². The van der Waals surface area contributed by atoms with Gasteiger partial charge in [0.2, 0.25) is 0 Å². The molecule has 0 saturated carbocycles. The molecule has 0 bridgehead atoms. The Labute approximate surface area is 192 Å². The third kappa shape index (κ3) is 4.50. The molecule has 168 valence electrons. The zero-order chi connectivity index (χ0) is 23.5. The molecule has 0 fully saturated rings. The molecular weight excluding hydrogens is 416 g/mol. The summed E-state index contributed by atoms with van der Waals surface area (Å²) in [6.07, 6.45) is 5.46. The van der Waals surface area contributed by atoms with Crippen LogP contribution >= 0.6 is 0 Å². The molecule has 8 heteroatoms. The average Bonchev–Trinajstić information content (AvgIpc) is 3.29.